The van der Waals surface area contributed by atoms with Crippen LogP contribution in [0.4, 0.5) is 9.18 Å². The van der Waals surface area contributed by atoms with Crippen molar-refractivity contribution in [2.24, 2.45) is 11.8 Å². The number of nitrogens with zero attached hydrogens (tertiary/aromatic N) is 2. The second-order valence-corrected chi connectivity index (χ2v) is 10.3. The maximum atomic E-state index is 14.5. The van der Waals surface area contributed by atoms with Crippen LogP contribution in [0.15, 0.2) is 41.3 Å². The summed E-state index contributed by atoms with van der Waals surface area (Å²) in [7, 11) is -3.30. The first kappa shape index (κ1) is 23.0. The van der Waals surface area contributed by atoms with Crippen LogP contribution in [0.5, 0.6) is 5.75 Å². The van der Waals surface area contributed by atoms with E-state index in [9.17, 15) is 22.7 Å². The van der Waals surface area contributed by atoms with Gasteiger partial charge in [0.2, 0.25) is 0 Å². The molecule has 0 aliphatic carbocycles. The highest BCUT2D eigenvalue weighted by atomic mass is 32.2. The minimum Gasteiger partial charge on any atom is -0.488 e. The molecule has 9 heteroatoms. The van der Waals surface area contributed by atoms with Gasteiger partial charge in [0, 0.05) is 24.4 Å². The van der Waals surface area contributed by atoms with Gasteiger partial charge in [0.25, 0.3) is 5.95 Å². The minimum absolute atomic E-state index is 0.0401. The van der Waals surface area contributed by atoms with Gasteiger partial charge in [0.15, 0.2) is 15.6 Å². The Balaban J connectivity index is 1.65. The van der Waals surface area contributed by atoms with Gasteiger partial charge in [0.1, 0.15) is 0 Å². The van der Waals surface area contributed by atoms with Crippen LogP contribution in [0.3, 0.4) is 0 Å². The molecule has 0 saturated carbocycles. The van der Waals surface area contributed by atoms with Crippen LogP contribution in [0, 0.1) is 17.8 Å². The Labute approximate surface area is 181 Å². The van der Waals surface area contributed by atoms with E-state index >= 15 is 0 Å². The first-order valence-electron chi connectivity index (χ1n) is 10.2. The number of likely N-dealkylation sites (tertiary alicyclic amines) is 1. The Kier molecular flexibility index (Phi) is 6.83. The van der Waals surface area contributed by atoms with Crippen molar-refractivity contribution in [2.75, 3.05) is 19.4 Å². The molecule has 3 rings (SSSR count). The molecule has 1 aliphatic heterocycles. The van der Waals surface area contributed by atoms with E-state index in [4.69, 9.17) is 4.74 Å². The summed E-state index contributed by atoms with van der Waals surface area (Å²) in [4.78, 5) is 17.0. The molecule has 168 valence electrons. The number of ether oxygens (including phenoxy) is 1. The number of rotatable bonds is 6. The monoisotopic (exact) mass is 450 g/mol. The number of hydrogen-bond donors (Lipinski definition) is 1. The van der Waals surface area contributed by atoms with Crippen molar-refractivity contribution in [3.8, 4) is 17.0 Å². The largest absolute Gasteiger partial charge is 0.488 e. The van der Waals surface area contributed by atoms with E-state index < -0.39 is 21.9 Å². The lowest BCUT2D eigenvalue weighted by molar-refractivity contribution is 0.0578. The molecule has 0 radical (unpaired) electrons. The van der Waals surface area contributed by atoms with Crippen LogP contribution in [0.2, 0.25) is 0 Å². The topological polar surface area (TPSA) is 96.8 Å². The number of piperidine rings is 1. The fraction of sp³-hybridized carbons (Fsp3) is 0.455. The summed E-state index contributed by atoms with van der Waals surface area (Å²) >= 11 is 0. The summed E-state index contributed by atoms with van der Waals surface area (Å²) in [6.07, 6.45) is 1.55. The first-order chi connectivity index (χ1) is 14.6. The molecule has 1 saturated heterocycles. The second-order valence-electron chi connectivity index (χ2n) is 8.27. The average molecular weight is 451 g/mol. The molecule has 7 nitrogen and oxygen atoms in total. The molecule has 2 heterocycles. The van der Waals surface area contributed by atoms with Crippen LogP contribution in [0.1, 0.15) is 26.7 Å². The van der Waals surface area contributed by atoms with E-state index in [1.54, 1.807) is 18.2 Å². The Bertz CT molecular complexity index is 1040. The van der Waals surface area contributed by atoms with Gasteiger partial charge in [-0.15, -0.1) is 0 Å². The standard InChI is InChI=1S/C22H27FN2O5S/c1-14(2)19-12-15(10-11-25(19)22(26)27)13-30-20-9-8-18(24-21(20)23)16-4-6-17(7-5-16)31(3,28)29/h4-9,14-15,19H,10-13H2,1-3H3,(H,26,27). The van der Waals surface area contributed by atoms with E-state index in [1.165, 1.54) is 23.1 Å². The average Bonchev–Trinajstić information content (AvgIpc) is 2.72. The number of halogens is 1. The van der Waals surface area contributed by atoms with Crippen molar-refractivity contribution < 1.29 is 27.4 Å². The number of carbonyl (C=O) groups is 1. The highest BCUT2D eigenvalue weighted by Gasteiger charge is 2.33. The fourth-order valence-electron chi connectivity index (χ4n) is 3.87. The normalized spacial score (nSPS) is 19.5. The van der Waals surface area contributed by atoms with E-state index in [-0.39, 0.29) is 35.1 Å². The lowest BCUT2D eigenvalue weighted by atomic mass is 9.86. The van der Waals surface area contributed by atoms with Crippen molar-refractivity contribution in [1.82, 2.24) is 9.88 Å². The van der Waals surface area contributed by atoms with Crippen molar-refractivity contribution >= 4 is 15.9 Å². The number of sulfone groups is 1. The molecule has 0 bridgehead atoms. The van der Waals surface area contributed by atoms with Gasteiger partial charge in [-0.25, -0.2) is 18.2 Å². The van der Waals surface area contributed by atoms with E-state index in [1.807, 2.05) is 13.8 Å². The quantitative estimate of drug-likeness (QED) is 0.666. The van der Waals surface area contributed by atoms with Gasteiger partial charge >= 0.3 is 6.09 Å². The van der Waals surface area contributed by atoms with Crippen LogP contribution >= 0.6 is 0 Å². The van der Waals surface area contributed by atoms with Crippen molar-refractivity contribution in [3.05, 3.63) is 42.3 Å². The molecule has 2 aromatic rings. The third kappa shape index (κ3) is 5.52. The zero-order valence-electron chi connectivity index (χ0n) is 17.8. The third-order valence-electron chi connectivity index (χ3n) is 5.64. The van der Waals surface area contributed by atoms with E-state index in [2.05, 4.69) is 4.98 Å². The van der Waals surface area contributed by atoms with E-state index in [0.717, 1.165) is 6.26 Å². The van der Waals surface area contributed by atoms with Crippen molar-refractivity contribution in [2.45, 2.75) is 37.6 Å². The summed E-state index contributed by atoms with van der Waals surface area (Å²) in [5.74, 6) is -0.386. The number of carboxylic acid groups (broad SMARTS) is 1. The molecule has 1 N–H and O–H groups in total. The van der Waals surface area contributed by atoms with Crippen LogP contribution < -0.4 is 4.74 Å². The Morgan fingerprint density at radius 2 is 1.94 bits per heavy atom. The van der Waals surface area contributed by atoms with Crippen LogP contribution in [-0.2, 0) is 9.84 Å². The zero-order chi connectivity index (χ0) is 22.8. The van der Waals surface area contributed by atoms with Gasteiger partial charge in [0.05, 0.1) is 17.2 Å². The Hall–Kier alpha value is -2.68. The fourth-order valence-corrected chi connectivity index (χ4v) is 4.50. The van der Waals surface area contributed by atoms with Crippen molar-refractivity contribution in [1.29, 1.82) is 0 Å². The van der Waals surface area contributed by atoms with Gasteiger partial charge in [-0.05, 0) is 48.9 Å². The number of pyridine rings is 1. The molecule has 0 spiro atoms. The molecule has 31 heavy (non-hydrogen) atoms. The molecular weight excluding hydrogens is 423 g/mol. The lowest BCUT2D eigenvalue weighted by Crippen LogP contribution is -2.48. The lowest BCUT2D eigenvalue weighted by Gasteiger charge is -2.39. The molecule has 1 aromatic carbocycles. The van der Waals surface area contributed by atoms with Crippen LogP contribution in [0.25, 0.3) is 11.3 Å². The van der Waals surface area contributed by atoms with Gasteiger partial charge in [-0.1, -0.05) is 26.0 Å². The molecule has 1 fully saturated rings. The molecule has 1 aromatic heterocycles. The smallest absolute Gasteiger partial charge is 0.407 e. The second kappa shape index (κ2) is 9.21. The van der Waals surface area contributed by atoms with Gasteiger partial charge in [-0.3, -0.25) is 0 Å². The van der Waals surface area contributed by atoms with E-state index in [0.29, 0.717) is 30.6 Å². The summed E-state index contributed by atoms with van der Waals surface area (Å²) < 4.78 is 43.3. The molecule has 1 amide bonds. The Morgan fingerprint density at radius 1 is 1.26 bits per heavy atom. The van der Waals surface area contributed by atoms with Gasteiger partial charge in [-0.2, -0.15) is 4.39 Å². The summed E-state index contributed by atoms with van der Waals surface area (Å²) in [6, 6.07) is 9.14. The van der Waals surface area contributed by atoms with Gasteiger partial charge < -0.3 is 14.7 Å². The molecule has 2 unspecified atom stereocenters. The predicted molar refractivity (Wildman–Crippen MR) is 114 cm³/mol. The van der Waals surface area contributed by atoms with Crippen molar-refractivity contribution in [3.63, 3.8) is 0 Å². The highest BCUT2D eigenvalue weighted by Crippen LogP contribution is 2.29. The number of aromatic nitrogens is 1. The number of hydrogen-bond acceptors (Lipinski definition) is 5. The first-order valence-corrected chi connectivity index (χ1v) is 12.0. The molecule has 2 atom stereocenters. The Morgan fingerprint density at radius 3 is 2.48 bits per heavy atom. The molecular formula is C22H27FN2O5S. The minimum atomic E-state index is -3.30. The third-order valence-corrected chi connectivity index (χ3v) is 6.76. The molecule has 1 aliphatic rings. The summed E-state index contributed by atoms with van der Waals surface area (Å²) in [6.45, 7) is 4.72. The number of benzene rings is 1. The predicted octanol–water partition coefficient (Wildman–Crippen LogP) is 4.08. The maximum absolute atomic E-state index is 14.5. The van der Waals surface area contributed by atoms with Crippen LogP contribution in [-0.4, -0.2) is 55.0 Å². The highest BCUT2D eigenvalue weighted by molar-refractivity contribution is 7.90. The SMILES string of the molecule is CC(C)C1CC(COc2ccc(-c3ccc(S(C)(=O)=O)cc3)nc2F)CCN1C(=O)O. The summed E-state index contributed by atoms with van der Waals surface area (Å²) in [5, 5.41) is 9.37. The maximum Gasteiger partial charge on any atom is 0.407 e. The zero-order valence-corrected chi connectivity index (χ0v) is 18.6. The summed E-state index contributed by atoms with van der Waals surface area (Å²) in [5.41, 5.74) is 0.971. The number of amides is 1.